The van der Waals surface area contributed by atoms with Crippen LogP contribution in [0.25, 0.3) is 5.65 Å². The van der Waals surface area contributed by atoms with E-state index in [1.54, 1.807) is 4.52 Å². The Kier molecular flexibility index (Phi) is 3.30. The van der Waals surface area contributed by atoms with Crippen LogP contribution in [-0.2, 0) is 4.79 Å². The van der Waals surface area contributed by atoms with Gasteiger partial charge in [-0.3, -0.25) is 4.79 Å². The average Bonchev–Trinajstić information content (AvgIpc) is 2.64. The molecule has 6 heteroatoms. The van der Waals surface area contributed by atoms with Gasteiger partial charge < -0.3 is 10.6 Å². The molecule has 1 atom stereocenters. The largest absolute Gasteiger partial charge is 0.358 e. The summed E-state index contributed by atoms with van der Waals surface area (Å²) < 4.78 is 1.76. The third kappa shape index (κ3) is 2.45. The van der Waals surface area contributed by atoms with E-state index in [2.05, 4.69) is 20.7 Å². The van der Waals surface area contributed by atoms with Gasteiger partial charge in [0.15, 0.2) is 5.65 Å². The minimum Gasteiger partial charge on any atom is -0.358 e. The van der Waals surface area contributed by atoms with Crippen LogP contribution < -0.4 is 10.6 Å². The van der Waals surface area contributed by atoms with Crippen molar-refractivity contribution in [3.8, 4) is 0 Å². The second-order valence-corrected chi connectivity index (χ2v) is 5.32. The number of carbonyl (C=O) groups excluding carboxylic acids is 1. The molecule has 20 heavy (non-hydrogen) atoms. The van der Waals surface area contributed by atoms with Crippen LogP contribution in [0.5, 0.6) is 0 Å². The zero-order valence-corrected chi connectivity index (χ0v) is 11.8. The quantitative estimate of drug-likeness (QED) is 0.868. The molecule has 1 aliphatic rings. The summed E-state index contributed by atoms with van der Waals surface area (Å²) in [6, 6.07) is 3.66. The summed E-state index contributed by atoms with van der Waals surface area (Å²) in [7, 11) is 0. The second kappa shape index (κ2) is 5.11. The van der Waals surface area contributed by atoms with E-state index in [9.17, 15) is 4.79 Å². The highest BCUT2D eigenvalue weighted by Gasteiger charge is 2.21. The number of aryl methyl sites for hydroxylation is 2. The van der Waals surface area contributed by atoms with Crippen LogP contribution >= 0.6 is 0 Å². The molecule has 1 fully saturated rings. The van der Waals surface area contributed by atoms with Crippen molar-refractivity contribution >= 4 is 17.4 Å². The Labute approximate surface area is 117 Å². The van der Waals surface area contributed by atoms with E-state index in [0.717, 1.165) is 48.7 Å². The molecule has 0 saturated carbocycles. The van der Waals surface area contributed by atoms with Gasteiger partial charge in [-0.2, -0.15) is 9.61 Å². The van der Waals surface area contributed by atoms with Crippen LogP contribution in [-0.4, -0.2) is 33.1 Å². The SMILES string of the molecule is Cc1cc(NC2CCCCNC2=O)n2nc(C)cc2n1. The molecule has 1 amide bonds. The lowest BCUT2D eigenvalue weighted by atomic mass is 10.1. The first kappa shape index (κ1) is 12.9. The summed E-state index contributed by atoms with van der Waals surface area (Å²) in [5, 5.41) is 10.7. The lowest BCUT2D eigenvalue weighted by Gasteiger charge is -2.17. The first-order chi connectivity index (χ1) is 9.63. The zero-order valence-electron chi connectivity index (χ0n) is 11.8. The Morgan fingerprint density at radius 1 is 1.30 bits per heavy atom. The number of nitrogens with zero attached hydrogens (tertiary/aromatic N) is 3. The number of hydrogen-bond acceptors (Lipinski definition) is 4. The van der Waals surface area contributed by atoms with Crippen LogP contribution in [0.1, 0.15) is 30.7 Å². The van der Waals surface area contributed by atoms with Gasteiger partial charge in [0.25, 0.3) is 0 Å². The van der Waals surface area contributed by atoms with Crippen molar-refractivity contribution in [2.24, 2.45) is 0 Å². The maximum absolute atomic E-state index is 12.0. The number of hydrogen-bond donors (Lipinski definition) is 2. The zero-order chi connectivity index (χ0) is 14.1. The van der Waals surface area contributed by atoms with Crippen LogP contribution in [0.2, 0.25) is 0 Å². The van der Waals surface area contributed by atoms with Gasteiger partial charge in [-0.1, -0.05) is 0 Å². The molecule has 0 radical (unpaired) electrons. The number of aromatic nitrogens is 3. The molecule has 1 aliphatic heterocycles. The molecule has 6 nitrogen and oxygen atoms in total. The number of rotatable bonds is 2. The monoisotopic (exact) mass is 273 g/mol. The van der Waals surface area contributed by atoms with Crippen LogP contribution in [0, 0.1) is 13.8 Å². The van der Waals surface area contributed by atoms with Gasteiger partial charge in [-0.15, -0.1) is 0 Å². The highest BCUT2D eigenvalue weighted by molar-refractivity contribution is 5.84. The van der Waals surface area contributed by atoms with Gasteiger partial charge in [0.1, 0.15) is 11.9 Å². The molecule has 3 rings (SSSR count). The number of fused-ring (bicyclic) bond motifs is 1. The van der Waals surface area contributed by atoms with Crippen molar-refractivity contribution in [2.45, 2.75) is 39.2 Å². The minimum atomic E-state index is -0.202. The molecule has 0 spiro atoms. The predicted molar refractivity (Wildman–Crippen MR) is 76.7 cm³/mol. The van der Waals surface area contributed by atoms with Crippen LogP contribution in [0.15, 0.2) is 12.1 Å². The van der Waals surface area contributed by atoms with Gasteiger partial charge in [0.2, 0.25) is 5.91 Å². The van der Waals surface area contributed by atoms with Crippen molar-refractivity contribution in [3.63, 3.8) is 0 Å². The molecule has 2 aromatic heterocycles. The highest BCUT2D eigenvalue weighted by atomic mass is 16.2. The third-order valence-electron chi connectivity index (χ3n) is 3.53. The van der Waals surface area contributed by atoms with Crippen LogP contribution in [0.3, 0.4) is 0 Å². The molecular weight excluding hydrogens is 254 g/mol. The molecule has 0 aliphatic carbocycles. The van der Waals surface area contributed by atoms with E-state index in [1.807, 2.05) is 26.0 Å². The number of anilines is 1. The Morgan fingerprint density at radius 3 is 3.00 bits per heavy atom. The lowest BCUT2D eigenvalue weighted by Crippen LogP contribution is -2.38. The fraction of sp³-hybridized carbons (Fsp3) is 0.500. The summed E-state index contributed by atoms with van der Waals surface area (Å²) in [6.07, 6.45) is 2.92. The maximum Gasteiger partial charge on any atom is 0.242 e. The molecule has 106 valence electrons. The van der Waals surface area contributed by atoms with Crippen molar-refractivity contribution < 1.29 is 4.79 Å². The summed E-state index contributed by atoms with van der Waals surface area (Å²) in [6.45, 7) is 4.65. The van der Waals surface area contributed by atoms with Crippen molar-refractivity contribution in [1.29, 1.82) is 0 Å². The molecule has 3 heterocycles. The fourth-order valence-corrected chi connectivity index (χ4v) is 2.57. The second-order valence-electron chi connectivity index (χ2n) is 5.32. The van der Waals surface area contributed by atoms with Crippen molar-refractivity contribution in [3.05, 3.63) is 23.5 Å². The summed E-state index contributed by atoms with van der Waals surface area (Å²) in [4.78, 5) is 16.5. The van der Waals surface area contributed by atoms with Gasteiger partial charge >= 0.3 is 0 Å². The maximum atomic E-state index is 12.0. The van der Waals surface area contributed by atoms with Gasteiger partial charge in [0.05, 0.1) is 5.69 Å². The lowest BCUT2D eigenvalue weighted by molar-refractivity contribution is -0.121. The minimum absolute atomic E-state index is 0.0639. The topological polar surface area (TPSA) is 71.3 Å². The van der Waals surface area contributed by atoms with Crippen molar-refractivity contribution in [2.75, 3.05) is 11.9 Å². The van der Waals surface area contributed by atoms with Crippen molar-refractivity contribution in [1.82, 2.24) is 19.9 Å². The average molecular weight is 273 g/mol. The van der Waals surface area contributed by atoms with Gasteiger partial charge in [-0.05, 0) is 33.1 Å². The van der Waals surface area contributed by atoms with Gasteiger partial charge in [-0.25, -0.2) is 4.98 Å². The summed E-state index contributed by atoms with van der Waals surface area (Å²) in [5.74, 6) is 0.886. The Balaban J connectivity index is 1.94. The molecule has 0 aromatic carbocycles. The van der Waals surface area contributed by atoms with E-state index in [-0.39, 0.29) is 11.9 Å². The number of carbonyl (C=O) groups is 1. The number of amides is 1. The third-order valence-corrected chi connectivity index (χ3v) is 3.53. The fourth-order valence-electron chi connectivity index (χ4n) is 2.57. The van der Waals surface area contributed by atoms with E-state index >= 15 is 0 Å². The highest BCUT2D eigenvalue weighted by Crippen LogP contribution is 2.17. The standard InChI is InChI=1S/C14H19N5O/c1-9-7-13(19-12(16-9)8-10(2)18-19)17-11-5-3-4-6-15-14(11)20/h7-8,11,17H,3-6H2,1-2H3,(H,15,20). The van der Waals surface area contributed by atoms with E-state index in [1.165, 1.54) is 0 Å². The van der Waals surface area contributed by atoms with Crippen LogP contribution in [0.4, 0.5) is 5.82 Å². The molecule has 2 aromatic rings. The predicted octanol–water partition coefficient (Wildman–Crippen LogP) is 1.43. The first-order valence-electron chi connectivity index (χ1n) is 7.02. The normalized spacial score (nSPS) is 19.7. The van der Waals surface area contributed by atoms with E-state index < -0.39 is 0 Å². The van der Waals surface area contributed by atoms with Gasteiger partial charge in [0, 0.05) is 24.4 Å². The van der Waals surface area contributed by atoms with E-state index in [0.29, 0.717) is 0 Å². The first-order valence-corrected chi connectivity index (χ1v) is 7.02. The Hall–Kier alpha value is -2.11. The molecular formula is C14H19N5O. The molecule has 2 N–H and O–H groups in total. The Morgan fingerprint density at radius 2 is 2.15 bits per heavy atom. The van der Waals surface area contributed by atoms with E-state index in [4.69, 9.17) is 0 Å². The molecule has 1 unspecified atom stereocenters. The molecule has 1 saturated heterocycles. The molecule has 0 bridgehead atoms. The Bertz CT molecular complexity index is 648. The smallest absolute Gasteiger partial charge is 0.242 e. The number of nitrogens with one attached hydrogen (secondary N) is 2. The summed E-state index contributed by atoms with van der Waals surface area (Å²) in [5.41, 5.74) is 2.63. The summed E-state index contributed by atoms with van der Waals surface area (Å²) >= 11 is 0.